The van der Waals surface area contributed by atoms with Gasteiger partial charge in [-0.05, 0) is 26.1 Å². The van der Waals surface area contributed by atoms with Crippen molar-refractivity contribution in [2.75, 3.05) is 20.6 Å². The fourth-order valence-electron chi connectivity index (χ4n) is 1.71. The molecule has 0 amide bonds. The Labute approximate surface area is 114 Å². The fourth-order valence-corrected chi connectivity index (χ4v) is 3.10. The van der Waals surface area contributed by atoms with E-state index in [2.05, 4.69) is 9.71 Å². The van der Waals surface area contributed by atoms with Crippen LogP contribution in [0.4, 0.5) is 0 Å². The Morgan fingerprint density at radius 2 is 2.05 bits per heavy atom. The van der Waals surface area contributed by atoms with Gasteiger partial charge < -0.3 is 15.0 Å². The van der Waals surface area contributed by atoms with Crippen LogP contribution in [0.15, 0.2) is 17.2 Å². The zero-order valence-corrected chi connectivity index (χ0v) is 12.7. The molecule has 0 bridgehead atoms. The predicted molar refractivity (Wildman–Crippen MR) is 74.2 cm³/mol. The smallest absolute Gasteiger partial charge is 0.242 e. The van der Waals surface area contributed by atoms with E-state index in [1.165, 1.54) is 12.3 Å². The zero-order valence-electron chi connectivity index (χ0n) is 11.8. The number of aliphatic hydroxyl groups is 1. The first-order valence-electron chi connectivity index (χ1n) is 6.21. The Bertz CT molecular complexity index is 494. The number of sulfonamides is 1. The van der Waals surface area contributed by atoms with E-state index >= 15 is 0 Å². The molecule has 1 atom stereocenters. The van der Waals surface area contributed by atoms with Gasteiger partial charge in [0.2, 0.25) is 10.0 Å². The number of likely N-dealkylation sites (N-methyl/N-ethyl adjacent to an activating group) is 1. The van der Waals surface area contributed by atoms with Gasteiger partial charge in [0.1, 0.15) is 0 Å². The van der Waals surface area contributed by atoms with Crippen LogP contribution < -0.4 is 4.72 Å². The molecule has 0 saturated carbocycles. The predicted octanol–water partition coefficient (Wildman–Crippen LogP) is 0.372. The maximum atomic E-state index is 12.2. The maximum Gasteiger partial charge on any atom is 0.242 e. The Balaban J connectivity index is 2.87. The number of hydrogen-bond acceptors (Lipinski definition) is 4. The molecule has 0 aliphatic carbocycles. The third-order valence-electron chi connectivity index (χ3n) is 2.87. The highest BCUT2D eigenvalue weighted by Gasteiger charge is 2.23. The molecule has 0 spiro atoms. The number of nitrogens with one attached hydrogen (secondary N) is 2. The SMILES string of the molecule is CC(C)C(CN(C)C)NS(=O)(=O)c1c[nH]c(CO)c1. The van der Waals surface area contributed by atoms with E-state index < -0.39 is 10.0 Å². The van der Waals surface area contributed by atoms with Crippen molar-refractivity contribution in [2.24, 2.45) is 5.92 Å². The van der Waals surface area contributed by atoms with E-state index in [0.717, 1.165) is 0 Å². The van der Waals surface area contributed by atoms with E-state index in [4.69, 9.17) is 5.11 Å². The van der Waals surface area contributed by atoms with Gasteiger partial charge in [-0.3, -0.25) is 0 Å². The first-order valence-corrected chi connectivity index (χ1v) is 7.69. The molecule has 110 valence electrons. The van der Waals surface area contributed by atoms with Gasteiger partial charge in [0.25, 0.3) is 0 Å². The minimum atomic E-state index is -3.56. The van der Waals surface area contributed by atoms with Crippen LogP contribution in [0.5, 0.6) is 0 Å². The van der Waals surface area contributed by atoms with Gasteiger partial charge in [-0.25, -0.2) is 13.1 Å². The number of aliphatic hydroxyl groups excluding tert-OH is 1. The molecule has 0 aliphatic rings. The van der Waals surface area contributed by atoms with Crippen LogP contribution in [0.2, 0.25) is 0 Å². The molecular formula is C12H23N3O3S. The Morgan fingerprint density at radius 3 is 2.47 bits per heavy atom. The van der Waals surface area contributed by atoms with Crippen LogP contribution in [0.25, 0.3) is 0 Å². The van der Waals surface area contributed by atoms with Crippen LogP contribution in [-0.2, 0) is 16.6 Å². The van der Waals surface area contributed by atoms with Gasteiger partial charge >= 0.3 is 0 Å². The van der Waals surface area contributed by atoms with Gasteiger partial charge in [-0.2, -0.15) is 0 Å². The normalized spacial score (nSPS) is 14.3. The van der Waals surface area contributed by atoms with Gasteiger partial charge in [-0.1, -0.05) is 13.8 Å². The van der Waals surface area contributed by atoms with Crippen molar-refractivity contribution < 1.29 is 13.5 Å². The second-order valence-electron chi connectivity index (χ2n) is 5.25. The largest absolute Gasteiger partial charge is 0.390 e. The quantitative estimate of drug-likeness (QED) is 0.677. The van der Waals surface area contributed by atoms with Gasteiger partial charge in [-0.15, -0.1) is 0 Å². The lowest BCUT2D eigenvalue weighted by Gasteiger charge is -2.25. The van der Waals surface area contributed by atoms with Gasteiger partial charge in [0, 0.05) is 24.5 Å². The molecule has 19 heavy (non-hydrogen) atoms. The van der Waals surface area contributed by atoms with Crippen molar-refractivity contribution in [3.05, 3.63) is 18.0 Å². The van der Waals surface area contributed by atoms with Crippen LogP contribution in [0.3, 0.4) is 0 Å². The lowest BCUT2D eigenvalue weighted by Crippen LogP contribution is -2.44. The Kier molecular flexibility index (Phi) is 5.54. The standard InChI is InChI=1S/C12H23N3O3S/c1-9(2)12(7-15(3)4)14-19(17,18)11-5-10(8-16)13-6-11/h5-6,9,12-14,16H,7-8H2,1-4H3. The summed E-state index contributed by atoms with van der Waals surface area (Å²) < 4.78 is 27.2. The lowest BCUT2D eigenvalue weighted by atomic mass is 10.1. The summed E-state index contributed by atoms with van der Waals surface area (Å²) in [5, 5.41) is 8.95. The highest BCUT2D eigenvalue weighted by Crippen LogP contribution is 2.13. The van der Waals surface area contributed by atoms with Gasteiger partial charge in [0.05, 0.1) is 11.5 Å². The lowest BCUT2D eigenvalue weighted by molar-refractivity contribution is 0.277. The number of nitrogens with zero attached hydrogens (tertiary/aromatic N) is 1. The fraction of sp³-hybridized carbons (Fsp3) is 0.667. The first-order chi connectivity index (χ1) is 8.76. The van der Waals surface area contributed by atoms with E-state index in [1.807, 2.05) is 32.8 Å². The molecule has 0 aromatic carbocycles. The molecule has 1 rings (SSSR count). The highest BCUT2D eigenvalue weighted by molar-refractivity contribution is 7.89. The average Bonchev–Trinajstić information content (AvgIpc) is 2.76. The summed E-state index contributed by atoms with van der Waals surface area (Å²) in [5.74, 6) is 0.188. The van der Waals surface area contributed by atoms with Crippen LogP contribution >= 0.6 is 0 Å². The molecule has 1 unspecified atom stereocenters. The molecule has 0 aliphatic heterocycles. The monoisotopic (exact) mass is 289 g/mol. The summed E-state index contributed by atoms with van der Waals surface area (Å²) in [6.07, 6.45) is 1.39. The maximum absolute atomic E-state index is 12.2. The molecule has 0 saturated heterocycles. The van der Waals surface area contributed by atoms with Crippen LogP contribution in [0.1, 0.15) is 19.5 Å². The van der Waals surface area contributed by atoms with Crippen molar-refractivity contribution in [3.63, 3.8) is 0 Å². The summed E-state index contributed by atoms with van der Waals surface area (Å²) >= 11 is 0. The van der Waals surface area contributed by atoms with Crippen molar-refractivity contribution in [2.45, 2.75) is 31.4 Å². The number of aromatic amines is 1. The molecular weight excluding hydrogens is 266 g/mol. The van der Waals surface area contributed by atoms with E-state index in [0.29, 0.717) is 12.2 Å². The number of aromatic nitrogens is 1. The molecule has 0 radical (unpaired) electrons. The van der Waals surface area contributed by atoms with Crippen molar-refractivity contribution in [3.8, 4) is 0 Å². The minimum Gasteiger partial charge on any atom is -0.390 e. The van der Waals surface area contributed by atoms with E-state index in [1.54, 1.807) is 0 Å². The number of rotatable bonds is 7. The molecule has 1 aromatic heterocycles. The minimum absolute atomic E-state index is 0.154. The number of hydrogen-bond donors (Lipinski definition) is 3. The summed E-state index contributed by atoms with van der Waals surface area (Å²) in [5.41, 5.74) is 0.481. The molecule has 1 aromatic rings. The molecule has 6 nitrogen and oxygen atoms in total. The second kappa shape index (κ2) is 6.51. The topological polar surface area (TPSA) is 85.4 Å². The summed E-state index contributed by atoms with van der Waals surface area (Å²) in [6, 6.07) is 1.28. The Hall–Kier alpha value is -0.890. The Morgan fingerprint density at radius 1 is 1.42 bits per heavy atom. The average molecular weight is 289 g/mol. The van der Waals surface area contributed by atoms with Crippen LogP contribution in [-0.4, -0.2) is 50.1 Å². The van der Waals surface area contributed by atoms with Gasteiger partial charge in [0.15, 0.2) is 0 Å². The summed E-state index contributed by atoms with van der Waals surface area (Å²) in [7, 11) is 0.255. The molecule has 0 fully saturated rings. The third-order valence-corrected chi connectivity index (χ3v) is 4.34. The number of H-pyrrole nitrogens is 1. The van der Waals surface area contributed by atoms with Crippen molar-refractivity contribution in [1.82, 2.24) is 14.6 Å². The molecule has 3 N–H and O–H groups in total. The molecule has 7 heteroatoms. The summed E-state index contributed by atoms with van der Waals surface area (Å²) in [4.78, 5) is 4.83. The van der Waals surface area contributed by atoms with E-state index in [-0.39, 0.29) is 23.5 Å². The second-order valence-corrected chi connectivity index (χ2v) is 6.97. The van der Waals surface area contributed by atoms with E-state index in [9.17, 15) is 8.42 Å². The summed E-state index contributed by atoms with van der Waals surface area (Å²) in [6.45, 7) is 4.38. The molecule has 1 heterocycles. The first kappa shape index (κ1) is 16.2. The zero-order chi connectivity index (χ0) is 14.6. The van der Waals surface area contributed by atoms with Crippen molar-refractivity contribution >= 4 is 10.0 Å². The highest BCUT2D eigenvalue weighted by atomic mass is 32.2. The van der Waals surface area contributed by atoms with Crippen LogP contribution in [0, 0.1) is 5.92 Å². The van der Waals surface area contributed by atoms with Crippen molar-refractivity contribution in [1.29, 1.82) is 0 Å². The third kappa shape index (κ3) is 4.61.